The monoisotopic (exact) mass is 283 g/mol. The van der Waals surface area contributed by atoms with Gasteiger partial charge in [0.2, 0.25) is 0 Å². The fourth-order valence-electron chi connectivity index (χ4n) is 2.74. The van der Waals surface area contributed by atoms with Crippen molar-refractivity contribution in [3.8, 4) is 0 Å². The molecule has 1 fully saturated rings. The molecule has 1 aliphatic rings. The van der Waals surface area contributed by atoms with Gasteiger partial charge in [-0.25, -0.2) is 0 Å². The fraction of sp³-hybridized carbons (Fsp3) is 0.846. The molecule has 0 heterocycles. The van der Waals surface area contributed by atoms with Gasteiger partial charge in [-0.3, -0.25) is 9.59 Å². The largest absolute Gasteiger partial charge is 0.465 e. The van der Waals surface area contributed by atoms with Crippen LogP contribution in [0.2, 0.25) is 0 Å². The molecule has 0 aromatic carbocycles. The van der Waals surface area contributed by atoms with E-state index in [1.165, 1.54) is 7.11 Å². The average molecular weight is 283 g/mol. The first-order valence-electron chi connectivity index (χ1n) is 6.80. The number of carbonyl (C=O) groups excluding carboxylic acids is 2. The van der Waals surface area contributed by atoms with Gasteiger partial charge >= 0.3 is 5.97 Å². The van der Waals surface area contributed by atoms with Crippen LogP contribution in [0.4, 0.5) is 0 Å². The number of hydrogen-bond donors (Lipinski definition) is 0. The van der Waals surface area contributed by atoms with Crippen molar-refractivity contribution in [3.63, 3.8) is 0 Å². The predicted molar refractivity (Wildman–Crippen MR) is 71.8 cm³/mol. The van der Waals surface area contributed by atoms with Gasteiger partial charge in [0, 0.05) is 17.9 Å². The molecule has 0 N–H and O–H groups in total. The number of Topliss-reactive ketones (excluding diaryl/α,β-unsaturated/α-hetero) is 1. The van der Waals surface area contributed by atoms with Crippen LogP contribution in [0.1, 0.15) is 26.7 Å². The van der Waals surface area contributed by atoms with E-state index >= 15 is 0 Å². The molecule has 1 rings (SSSR count). The molecule has 20 heavy (non-hydrogen) atoms. The number of ether oxygens (including phenoxy) is 2. The lowest BCUT2D eigenvalue weighted by molar-refractivity contribution is -0.157. The molecule has 0 aliphatic heterocycles. The van der Waals surface area contributed by atoms with E-state index in [-0.39, 0.29) is 24.9 Å². The van der Waals surface area contributed by atoms with Gasteiger partial charge in [-0.1, -0.05) is 12.0 Å². The number of hydrogen-bond acceptors (Lipinski definition) is 5. The van der Waals surface area contributed by atoms with Crippen LogP contribution in [-0.4, -0.2) is 38.1 Å². The highest BCUT2D eigenvalue weighted by atomic mass is 16.5. The van der Waals surface area contributed by atoms with Crippen LogP contribution in [0.15, 0.2) is 5.11 Å². The van der Waals surface area contributed by atoms with E-state index in [0.29, 0.717) is 6.42 Å². The lowest BCUT2D eigenvalue weighted by Crippen LogP contribution is -2.46. The SMILES string of the molecule is CCOC(=O)C1CC[C@@H](C)[C@H]([C@H](CN=[N+]=[N-])OC)C1=O. The van der Waals surface area contributed by atoms with Gasteiger partial charge in [0.15, 0.2) is 5.78 Å². The predicted octanol–water partition coefficient (Wildman–Crippen LogP) is 2.11. The van der Waals surface area contributed by atoms with E-state index in [4.69, 9.17) is 15.0 Å². The van der Waals surface area contributed by atoms with Crippen molar-refractivity contribution in [2.45, 2.75) is 32.8 Å². The number of esters is 1. The number of nitrogens with zero attached hydrogens (tertiary/aromatic N) is 3. The van der Waals surface area contributed by atoms with Crippen molar-refractivity contribution < 1.29 is 19.1 Å². The normalized spacial score (nSPS) is 27.6. The van der Waals surface area contributed by atoms with Crippen molar-refractivity contribution >= 4 is 11.8 Å². The van der Waals surface area contributed by atoms with Crippen LogP contribution in [-0.2, 0) is 19.1 Å². The lowest BCUT2D eigenvalue weighted by atomic mass is 9.71. The number of azide groups is 1. The summed E-state index contributed by atoms with van der Waals surface area (Å²) in [6.07, 6.45) is 0.758. The van der Waals surface area contributed by atoms with E-state index in [1.807, 2.05) is 6.92 Å². The van der Waals surface area contributed by atoms with Crippen LogP contribution < -0.4 is 0 Å². The molecule has 0 radical (unpaired) electrons. The summed E-state index contributed by atoms with van der Waals surface area (Å²) in [4.78, 5) is 27.0. The molecular weight excluding hydrogens is 262 g/mol. The van der Waals surface area contributed by atoms with E-state index in [1.54, 1.807) is 6.92 Å². The minimum absolute atomic E-state index is 0.0866. The molecule has 7 nitrogen and oxygen atoms in total. The topological polar surface area (TPSA) is 101 Å². The molecule has 1 saturated carbocycles. The summed E-state index contributed by atoms with van der Waals surface area (Å²) < 4.78 is 10.2. The summed E-state index contributed by atoms with van der Waals surface area (Å²) in [6.45, 7) is 4.01. The molecule has 0 aromatic rings. The zero-order valence-electron chi connectivity index (χ0n) is 12.1. The molecular formula is C13H21N3O4. The molecule has 7 heteroatoms. The van der Waals surface area contributed by atoms with Crippen LogP contribution in [0, 0.1) is 17.8 Å². The van der Waals surface area contributed by atoms with Crippen LogP contribution in [0.3, 0.4) is 0 Å². The van der Waals surface area contributed by atoms with E-state index in [2.05, 4.69) is 10.0 Å². The molecule has 1 unspecified atom stereocenters. The maximum absolute atomic E-state index is 12.5. The average Bonchev–Trinajstić information content (AvgIpc) is 2.42. The van der Waals surface area contributed by atoms with Gasteiger partial charge in [0.1, 0.15) is 5.92 Å². The van der Waals surface area contributed by atoms with E-state index in [0.717, 1.165) is 6.42 Å². The summed E-state index contributed by atoms with van der Waals surface area (Å²) in [6, 6.07) is 0. The molecule has 0 amide bonds. The Hall–Kier alpha value is -1.59. The number of rotatable bonds is 6. The van der Waals surface area contributed by atoms with Crippen molar-refractivity contribution in [2.24, 2.45) is 22.9 Å². The molecule has 112 valence electrons. The minimum atomic E-state index is -0.722. The summed E-state index contributed by atoms with van der Waals surface area (Å²) in [5.41, 5.74) is 8.39. The molecule has 1 aliphatic carbocycles. The van der Waals surface area contributed by atoms with Crippen LogP contribution >= 0.6 is 0 Å². The Morgan fingerprint density at radius 1 is 1.55 bits per heavy atom. The maximum atomic E-state index is 12.5. The van der Waals surface area contributed by atoms with Crippen molar-refractivity contribution in [1.82, 2.24) is 0 Å². The maximum Gasteiger partial charge on any atom is 0.316 e. The fourth-order valence-corrected chi connectivity index (χ4v) is 2.74. The first kappa shape index (κ1) is 16.5. The third kappa shape index (κ3) is 3.71. The summed E-state index contributed by atoms with van der Waals surface area (Å²) in [7, 11) is 1.48. The van der Waals surface area contributed by atoms with Gasteiger partial charge in [-0.15, -0.1) is 0 Å². The Kier molecular flexibility index (Phi) is 6.48. The molecule has 0 spiro atoms. The van der Waals surface area contributed by atoms with E-state index < -0.39 is 23.9 Å². The van der Waals surface area contributed by atoms with Crippen molar-refractivity contribution in [2.75, 3.05) is 20.3 Å². The Bertz CT molecular complexity index is 406. The smallest absolute Gasteiger partial charge is 0.316 e. The van der Waals surface area contributed by atoms with Crippen molar-refractivity contribution in [1.29, 1.82) is 0 Å². The number of carbonyl (C=O) groups is 2. The van der Waals surface area contributed by atoms with Gasteiger partial charge in [0.05, 0.1) is 19.3 Å². The summed E-state index contributed by atoms with van der Waals surface area (Å²) in [5.74, 6) is -1.70. The Morgan fingerprint density at radius 2 is 2.25 bits per heavy atom. The van der Waals surface area contributed by atoms with Crippen LogP contribution in [0.5, 0.6) is 0 Å². The zero-order valence-corrected chi connectivity index (χ0v) is 12.1. The number of methoxy groups -OCH3 is 1. The second-order valence-corrected chi connectivity index (χ2v) is 4.98. The van der Waals surface area contributed by atoms with Gasteiger partial charge in [-0.05, 0) is 31.2 Å². The number of ketones is 1. The standard InChI is InChI=1S/C13H21N3O4/c1-4-20-13(18)9-6-5-8(2)11(12(9)17)10(19-3)7-15-16-14/h8-11H,4-7H2,1-3H3/t8-,9?,10+,11-/m1/s1. The second-order valence-electron chi connectivity index (χ2n) is 4.98. The first-order valence-corrected chi connectivity index (χ1v) is 6.80. The first-order chi connectivity index (χ1) is 9.56. The highest BCUT2D eigenvalue weighted by Crippen LogP contribution is 2.34. The quantitative estimate of drug-likeness (QED) is 0.245. The van der Waals surface area contributed by atoms with Gasteiger partial charge in [0.25, 0.3) is 0 Å². The van der Waals surface area contributed by atoms with E-state index in [9.17, 15) is 9.59 Å². The Morgan fingerprint density at radius 3 is 2.80 bits per heavy atom. The van der Waals surface area contributed by atoms with Gasteiger partial charge in [-0.2, -0.15) is 0 Å². The summed E-state index contributed by atoms with van der Waals surface area (Å²) >= 11 is 0. The Balaban J connectivity index is 2.88. The van der Waals surface area contributed by atoms with Gasteiger partial charge < -0.3 is 9.47 Å². The molecule has 0 saturated heterocycles. The van der Waals surface area contributed by atoms with Crippen molar-refractivity contribution in [3.05, 3.63) is 10.4 Å². The molecule has 0 bridgehead atoms. The third-order valence-corrected chi connectivity index (χ3v) is 3.79. The minimum Gasteiger partial charge on any atom is -0.465 e. The zero-order chi connectivity index (χ0) is 15.1. The molecule has 4 atom stereocenters. The highest BCUT2D eigenvalue weighted by Gasteiger charge is 2.43. The second kappa shape index (κ2) is 7.87. The lowest BCUT2D eigenvalue weighted by Gasteiger charge is -2.35. The third-order valence-electron chi connectivity index (χ3n) is 3.79. The summed E-state index contributed by atoms with van der Waals surface area (Å²) in [5, 5.41) is 3.48. The highest BCUT2D eigenvalue weighted by molar-refractivity contribution is 6.01. The van der Waals surface area contributed by atoms with Crippen LogP contribution in [0.25, 0.3) is 10.4 Å². The molecule has 0 aromatic heterocycles. The Labute approximate surface area is 118 Å².